The van der Waals surface area contributed by atoms with E-state index in [4.69, 9.17) is 0 Å². The molecule has 1 nitrogen and oxygen atoms in total. The van der Waals surface area contributed by atoms with Crippen molar-refractivity contribution in [3.63, 3.8) is 0 Å². The van der Waals surface area contributed by atoms with E-state index in [1.807, 2.05) is 0 Å². The minimum absolute atomic E-state index is 0.0875. The Balaban J connectivity index is 1.31. The summed E-state index contributed by atoms with van der Waals surface area (Å²) in [5.74, 6) is 2.00. The molecule has 0 spiro atoms. The Hall–Kier alpha value is -1.39. The molecule has 0 radical (unpaired) electrons. The molecular formula is C35H52F4O. The zero-order chi connectivity index (χ0) is 28.7. The number of rotatable bonds is 11. The molecular weight excluding hydrogens is 512 g/mol. The Labute approximate surface area is 240 Å². The van der Waals surface area contributed by atoms with E-state index < -0.39 is 28.9 Å². The van der Waals surface area contributed by atoms with Gasteiger partial charge < -0.3 is 0 Å². The molecule has 3 aliphatic rings. The molecule has 3 aliphatic carbocycles. The molecule has 0 aliphatic heterocycles. The Kier molecular flexibility index (Phi) is 11.6. The van der Waals surface area contributed by atoms with Crippen molar-refractivity contribution in [2.45, 2.75) is 142 Å². The van der Waals surface area contributed by atoms with E-state index in [2.05, 4.69) is 13.8 Å². The fourth-order valence-electron chi connectivity index (χ4n) is 8.49. The van der Waals surface area contributed by atoms with E-state index in [-0.39, 0.29) is 17.9 Å². The van der Waals surface area contributed by atoms with Crippen LogP contribution < -0.4 is 0 Å². The average Bonchev–Trinajstić information content (AvgIpc) is 2.93. The van der Waals surface area contributed by atoms with Gasteiger partial charge in [0, 0.05) is 12.0 Å². The third-order valence-corrected chi connectivity index (χ3v) is 10.9. The van der Waals surface area contributed by atoms with E-state index in [0.29, 0.717) is 18.3 Å². The molecule has 0 bridgehead atoms. The lowest BCUT2D eigenvalue weighted by atomic mass is 9.68. The Morgan fingerprint density at radius 2 is 1.15 bits per heavy atom. The van der Waals surface area contributed by atoms with Crippen LogP contribution in [-0.2, 0) is 12.6 Å². The van der Waals surface area contributed by atoms with Gasteiger partial charge in [-0.1, -0.05) is 90.2 Å². The zero-order valence-corrected chi connectivity index (χ0v) is 25.0. The largest absolute Gasteiger partial charge is 0.419 e. The van der Waals surface area contributed by atoms with Gasteiger partial charge in [0.15, 0.2) is 5.78 Å². The molecule has 1 aromatic rings. The van der Waals surface area contributed by atoms with Crippen molar-refractivity contribution in [1.29, 1.82) is 0 Å². The smallest absolute Gasteiger partial charge is 0.294 e. The second-order valence-electron chi connectivity index (χ2n) is 13.7. The number of halogens is 4. The standard InChI is InChI=1S/C35H52F4O/c1-3-5-24-7-9-27(10-8-24)23-32(40)31-22-21-30(34(36)33(31)35(37,38)39)20-15-26-13-18-29(19-14-26)28-16-11-25(6-4-2)12-17-28/h21-22,24-29H,3-20,23H2,1-2H3. The maximum Gasteiger partial charge on any atom is 0.419 e. The first-order valence-electron chi connectivity index (χ1n) is 16.6. The number of benzene rings is 1. The number of hydrogen-bond donors (Lipinski definition) is 0. The molecule has 3 fully saturated rings. The highest BCUT2D eigenvalue weighted by atomic mass is 19.4. The topological polar surface area (TPSA) is 17.1 Å². The van der Waals surface area contributed by atoms with E-state index in [9.17, 15) is 18.0 Å². The lowest BCUT2D eigenvalue weighted by molar-refractivity contribution is -0.140. The summed E-state index contributed by atoms with van der Waals surface area (Å²) in [7, 11) is 0. The van der Waals surface area contributed by atoms with Crippen molar-refractivity contribution in [3.8, 4) is 0 Å². The Morgan fingerprint density at radius 1 is 0.700 bits per heavy atom. The molecule has 0 atom stereocenters. The molecule has 40 heavy (non-hydrogen) atoms. The number of Topliss-reactive ketones (excluding diaryl/α,β-unsaturated/α-hetero) is 1. The molecule has 5 heteroatoms. The van der Waals surface area contributed by atoms with Gasteiger partial charge in [-0.05, 0) is 92.4 Å². The lowest BCUT2D eigenvalue weighted by Crippen LogP contribution is -2.26. The van der Waals surface area contributed by atoms with E-state index >= 15 is 4.39 Å². The van der Waals surface area contributed by atoms with Crippen molar-refractivity contribution >= 4 is 5.78 Å². The highest BCUT2D eigenvalue weighted by Crippen LogP contribution is 2.44. The van der Waals surface area contributed by atoms with E-state index in [1.54, 1.807) is 0 Å². The van der Waals surface area contributed by atoms with Gasteiger partial charge in [0.05, 0.1) is 0 Å². The number of hydrogen-bond acceptors (Lipinski definition) is 1. The van der Waals surface area contributed by atoms with Crippen LogP contribution in [0.2, 0.25) is 0 Å². The third kappa shape index (κ3) is 8.34. The second kappa shape index (κ2) is 14.7. The van der Waals surface area contributed by atoms with Gasteiger partial charge in [0.2, 0.25) is 0 Å². The summed E-state index contributed by atoms with van der Waals surface area (Å²) in [6, 6.07) is 2.72. The molecule has 0 N–H and O–H groups in total. The lowest BCUT2D eigenvalue weighted by Gasteiger charge is -2.38. The second-order valence-corrected chi connectivity index (χ2v) is 13.7. The number of carbonyl (C=O) groups excluding carboxylic acids is 1. The van der Waals surface area contributed by atoms with Crippen LogP contribution in [0.25, 0.3) is 0 Å². The normalized spacial score (nSPS) is 29.9. The highest BCUT2D eigenvalue weighted by molar-refractivity contribution is 5.98. The van der Waals surface area contributed by atoms with Crippen LogP contribution >= 0.6 is 0 Å². The molecule has 0 amide bonds. The zero-order valence-electron chi connectivity index (χ0n) is 25.0. The fourth-order valence-corrected chi connectivity index (χ4v) is 8.49. The molecule has 226 valence electrons. The minimum atomic E-state index is -4.88. The monoisotopic (exact) mass is 564 g/mol. The predicted octanol–water partition coefficient (Wildman–Crippen LogP) is 11.4. The Morgan fingerprint density at radius 3 is 1.62 bits per heavy atom. The summed E-state index contributed by atoms with van der Waals surface area (Å²) in [5.41, 5.74) is -1.70. The fraction of sp³-hybridized carbons (Fsp3) is 0.800. The predicted molar refractivity (Wildman–Crippen MR) is 155 cm³/mol. The summed E-state index contributed by atoms with van der Waals surface area (Å²) in [5, 5.41) is 0. The summed E-state index contributed by atoms with van der Waals surface area (Å²) in [6.45, 7) is 4.44. The number of alkyl halides is 3. The number of carbonyl (C=O) groups is 1. The minimum Gasteiger partial charge on any atom is -0.294 e. The first-order valence-corrected chi connectivity index (χ1v) is 16.6. The number of ketones is 1. The van der Waals surface area contributed by atoms with Crippen LogP contribution in [0, 0.1) is 41.3 Å². The van der Waals surface area contributed by atoms with Crippen LogP contribution in [0.15, 0.2) is 12.1 Å². The first kappa shape index (κ1) is 31.5. The maximum atomic E-state index is 15.4. The van der Waals surface area contributed by atoms with Gasteiger partial charge in [-0.25, -0.2) is 4.39 Å². The van der Waals surface area contributed by atoms with E-state index in [1.165, 1.54) is 69.9 Å². The quantitative estimate of drug-likeness (QED) is 0.193. The van der Waals surface area contributed by atoms with Gasteiger partial charge in [-0.15, -0.1) is 0 Å². The van der Waals surface area contributed by atoms with Crippen molar-refractivity contribution in [1.82, 2.24) is 0 Å². The maximum absolute atomic E-state index is 15.4. The van der Waals surface area contributed by atoms with Crippen LogP contribution in [0.5, 0.6) is 0 Å². The van der Waals surface area contributed by atoms with E-state index in [0.717, 1.165) is 69.1 Å². The van der Waals surface area contributed by atoms with Gasteiger partial charge >= 0.3 is 6.18 Å². The molecule has 0 unspecified atom stereocenters. The summed E-state index contributed by atoms with van der Waals surface area (Å²) < 4.78 is 57.5. The molecule has 0 aromatic heterocycles. The molecule has 0 saturated heterocycles. The van der Waals surface area contributed by atoms with Crippen molar-refractivity contribution in [3.05, 3.63) is 34.6 Å². The number of aryl methyl sites for hydroxylation is 1. The average molecular weight is 565 g/mol. The van der Waals surface area contributed by atoms with Gasteiger partial charge in [0.1, 0.15) is 11.4 Å². The van der Waals surface area contributed by atoms with Gasteiger partial charge in [-0.2, -0.15) is 13.2 Å². The molecule has 4 rings (SSSR count). The van der Waals surface area contributed by atoms with Crippen molar-refractivity contribution < 1.29 is 22.4 Å². The summed E-state index contributed by atoms with van der Waals surface area (Å²) in [4.78, 5) is 13.0. The van der Waals surface area contributed by atoms with Gasteiger partial charge in [0.25, 0.3) is 0 Å². The first-order chi connectivity index (χ1) is 19.2. The molecule has 0 heterocycles. The third-order valence-electron chi connectivity index (χ3n) is 10.9. The van der Waals surface area contributed by atoms with Crippen molar-refractivity contribution in [2.75, 3.05) is 0 Å². The SMILES string of the molecule is CCCC1CCC(CC(=O)c2ccc(CCC3CCC(C4CCC(CCC)CC4)CC3)c(F)c2C(F)(F)F)CC1. The summed E-state index contributed by atoms with van der Waals surface area (Å²) in [6.07, 6.45) is 15.1. The molecule has 3 saturated carbocycles. The van der Waals surface area contributed by atoms with Crippen LogP contribution in [-0.4, -0.2) is 5.78 Å². The van der Waals surface area contributed by atoms with Crippen LogP contribution in [0.1, 0.15) is 151 Å². The summed E-state index contributed by atoms with van der Waals surface area (Å²) >= 11 is 0. The van der Waals surface area contributed by atoms with Crippen LogP contribution in [0.3, 0.4) is 0 Å². The van der Waals surface area contributed by atoms with Gasteiger partial charge in [-0.3, -0.25) is 4.79 Å². The Bertz CT molecular complexity index is 929. The molecule has 1 aromatic carbocycles. The highest BCUT2D eigenvalue weighted by Gasteiger charge is 2.40. The van der Waals surface area contributed by atoms with Crippen LogP contribution in [0.4, 0.5) is 17.6 Å². The van der Waals surface area contributed by atoms with Crippen molar-refractivity contribution in [2.24, 2.45) is 35.5 Å².